The van der Waals surface area contributed by atoms with Gasteiger partial charge in [-0.25, -0.2) is 0 Å². The van der Waals surface area contributed by atoms with E-state index in [1.165, 1.54) is 0 Å². The molecular weight excluding hydrogens is 274 g/mol. The number of alkyl halides is 1. The summed E-state index contributed by atoms with van der Waals surface area (Å²) in [6.45, 7) is 1.76. The molecule has 0 aromatic heterocycles. The largest absolute Gasteiger partial charge is 0.497 e. The second-order valence-electron chi connectivity index (χ2n) is 3.17. The monoisotopic (exact) mass is 287 g/mol. The van der Waals surface area contributed by atoms with Crippen LogP contribution in [0.1, 0.15) is 6.92 Å². The molecule has 0 bridgehead atoms. The fourth-order valence-electron chi connectivity index (χ4n) is 1.13. The van der Waals surface area contributed by atoms with E-state index in [1.54, 1.807) is 39.3 Å². The number of halogens is 1. The molecule has 0 saturated carbocycles. The fraction of sp³-hybridized carbons (Fsp3) is 0.364. The van der Waals surface area contributed by atoms with Crippen LogP contribution in [0.25, 0.3) is 0 Å². The lowest BCUT2D eigenvalue weighted by atomic mass is 10.2. The van der Waals surface area contributed by atoms with Gasteiger partial charge in [-0.3, -0.25) is 4.79 Å². The van der Waals surface area contributed by atoms with Crippen molar-refractivity contribution in [2.75, 3.05) is 19.5 Å². The number of benzene rings is 1. The molecule has 5 heteroatoms. The standard InChI is InChI=1S/C11H14BrNO3/c1-7(12)11(14)13-9-5-4-8(15-2)6-10(9)16-3/h4-7H,1-3H3,(H,13,14)/t7-/m0/s1. The topological polar surface area (TPSA) is 47.6 Å². The first kappa shape index (κ1) is 12.8. The first-order valence-electron chi connectivity index (χ1n) is 4.75. The van der Waals surface area contributed by atoms with Crippen molar-refractivity contribution in [3.05, 3.63) is 18.2 Å². The summed E-state index contributed by atoms with van der Waals surface area (Å²) in [7, 11) is 3.12. The summed E-state index contributed by atoms with van der Waals surface area (Å²) in [6, 6.07) is 5.22. The number of hydrogen-bond acceptors (Lipinski definition) is 3. The molecule has 0 aliphatic rings. The molecule has 0 aliphatic carbocycles. The first-order valence-corrected chi connectivity index (χ1v) is 5.67. The normalized spacial score (nSPS) is 11.8. The van der Waals surface area contributed by atoms with E-state index in [-0.39, 0.29) is 10.7 Å². The lowest BCUT2D eigenvalue weighted by Gasteiger charge is -2.12. The minimum absolute atomic E-state index is 0.122. The van der Waals surface area contributed by atoms with Crippen LogP contribution in [-0.2, 0) is 4.79 Å². The summed E-state index contributed by atoms with van der Waals surface area (Å²) < 4.78 is 10.2. The molecule has 1 rings (SSSR count). The zero-order valence-electron chi connectivity index (χ0n) is 9.41. The average Bonchev–Trinajstić information content (AvgIpc) is 2.29. The Balaban J connectivity index is 2.91. The molecule has 16 heavy (non-hydrogen) atoms. The maximum atomic E-state index is 11.5. The van der Waals surface area contributed by atoms with Crippen LogP contribution < -0.4 is 14.8 Å². The van der Waals surface area contributed by atoms with E-state index in [2.05, 4.69) is 21.2 Å². The summed E-state index contributed by atoms with van der Waals surface area (Å²) in [5.74, 6) is 1.13. The van der Waals surface area contributed by atoms with Crippen LogP contribution >= 0.6 is 15.9 Å². The van der Waals surface area contributed by atoms with Gasteiger partial charge in [-0.2, -0.15) is 0 Å². The molecule has 0 spiro atoms. The van der Waals surface area contributed by atoms with E-state index in [9.17, 15) is 4.79 Å². The highest BCUT2D eigenvalue weighted by molar-refractivity contribution is 9.10. The predicted octanol–water partition coefficient (Wildman–Crippen LogP) is 2.43. The number of ether oxygens (including phenoxy) is 2. The third-order valence-electron chi connectivity index (χ3n) is 2.03. The summed E-state index contributed by atoms with van der Waals surface area (Å²) >= 11 is 3.19. The van der Waals surface area contributed by atoms with Crippen molar-refractivity contribution in [3.63, 3.8) is 0 Å². The number of carbonyl (C=O) groups excluding carboxylic acids is 1. The van der Waals surface area contributed by atoms with E-state index in [0.29, 0.717) is 17.2 Å². The molecular formula is C11H14BrNO3. The van der Waals surface area contributed by atoms with E-state index < -0.39 is 0 Å². The molecule has 4 nitrogen and oxygen atoms in total. The van der Waals surface area contributed by atoms with E-state index in [4.69, 9.17) is 9.47 Å². The first-order chi connectivity index (χ1) is 7.58. The average molecular weight is 288 g/mol. The van der Waals surface area contributed by atoms with Gasteiger partial charge in [0.25, 0.3) is 0 Å². The second kappa shape index (κ2) is 5.75. The maximum absolute atomic E-state index is 11.5. The Morgan fingerprint density at radius 1 is 1.38 bits per heavy atom. The predicted molar refractivity (Wildman–Crippen MR) is 66.6 cm³/mol. The summed E-state index contributed by atoms with van der Waals surface area (Å²) in [6.07, 6.45) is 0. The molecule has 1 aromatic rings. The Bertz CT molecular complexity index is 379. The van der Waals surface area contributed by atoms with Gasteiger partial charge in [0, 0.05) is 6.07 Å². The quantitative estimate of drug-likeness (QED) is 0.866. The van der Waals surface area contributed by atoms with Gasteiger partial charge in [0.1, 0.15) is 11.5 Å². The number of amides is 1. The number of nitrogens with one attached hydrogen (secondary N) is 1. The fourth-order valence-corrected chi connectivity index (χ4v) is 1.25. The van der Waals surface area contributed by atoms with Crippen molar-refractivity contribution in [1.82, 2.24) is 0 Å². The highest BCUT2D eigenvalue weighted by atomic mass is 79.9. The van der Waals surface area contributed by atoms with Crippen LogP contribution in [-0.4, -0.2) is 25.0 Å². The van der Waals surface area contributed by atoms with Gasteiger partial charge in [0.05, 0.1) is 24.7 Å². The van der Waals surface area contributed by atoms with Gasteiger partial charge >= 0.3 is 0 Å². The van der Waals surface area contributed by atoms with E-state index >= 15 is 0 Å². The van der Waals surface area contributed by atoms with Gasteiger partial charge in [0.2, 0.25) is 5.91 Å². The zero-order chi connectivity index (χ0) is 12.1. The van der Waals surface area contributed by atoms with Crippen LogP contribution in [0.3, 0.4) is 0 Å². The number of carbonyl (C=O) groups is 1. The van der Waals surface area contributed by atoms with Crippen molar-refractivity contribution in [1.29, 1.82) is 0 Å². The number of rotatable bonds is 4. The molecule has 0 unspecified atom stereocenters. The number of methoxy groups -OCH3 is 2. The number of hydrogen-bond donors (Lipinski definition) is 1. The van der Waals surface area contributed by atoms with E-state index in [0.717, 1.165) is 0 Å². The lowest BCUT2D eigenvalue weighted by Crippen LogP contribution is -2.20. The van der Waals surface area contributed by atoms with Crippen LogP contribution in [0.4, 0.5) is 5.69 Å². The molecule has 1 atom stereocenters. The smallest absolute Gasteiger partial charge is 0.237 e. The molecule has 0 saturated heterocycles. The molecule has 1 aromatic carbocycles. The summed E-state index contributed by atoms with van der Waals surface area (Å²) in [4.78, 5) is 11.2. The van der Waals surface area contributed by atoms with Gasteiger partial charge in [-0.15, -0.1) is 0 Å². The Morgan fingerprint density at radius 2 is 2.06 bits per heavy atom. The lowest BCUT2D eigenvalue weighted by molar-refractivity contribution is -0.115. The molecule has 0 radical (unpaired) electrons. The number of anilines is 1. The zero-order valence-corrected chi connectivity index (χ0v) is 11.0. The molecule has 88 valence electrons. The van der Waals surface area contributed by atoms with E-state index in [1.807, 2.05) is 0 Å². The molecule has 0 heterocycles. The summed E-state index contributed by atoms with van der Waals surface area (Å²) in [5, 5.41) is 2.75. The van der Waals surface area contributed by atoms with Crippen LogP contribution in [0.15, 0.2) is 18.2 Å². The molecule has 1 amide bonds. The SMILES string of the molecule is COc1ccc(NC(=O)[C@H](C)Br)c(OC)c1. The van der Waals surface area contributed by atoms with Crippen molar-refractivity contribution < 1.29 is 14.3 Å². The van der Waals surface area contributed by atoms with Gasteiger partial charge in [0.15, 0.2) is 0 Å². The molecule has 0 fully saturated rings. The Hall–Kier alpha value is -1.23. The van der Waals surface area contributed by atoms with Crippen LogP contribution in [0, 0.1) is 0 Å². The molecule has 1 N–H and O–H groups in total. The highest BCUT2D eigenvalue weighted by Gasteiger charge is 2.12. The highest BCUT2D eigenvalue weighted by Crippen LogP contribution is 2.29. The maximum Gasteiger partial charge on any atom is 0.237 e. The Labute approximate surface area is 103 Å². The van der Waals surface area contributed by atoms with Crippen molar-refractivity contribution >= 4 is 27.5 Å². The molecule has 0 aliphatic heterocycles. The minimum atomic E-state index is -0.251. The van der Waals surface area contributed by atoms with Crippen molar-refractivity contribution in [2.24, 2.45) is 0 Å². The minimum Gasteiger partial charge on any atom is -0.497 e. The van der Waals surface area contributed by atoms with Gasteiger partial charge in [-0.05, 0) is 19.1 Å². The second-order valence-corrected chi connectivity index (χ2v) is 4.54. The van der Waals surface area contributed by atoms with Crippen molar-refractivity contribution in [2.45, 2.75) is 11.8 Å². The van der Waals surface area contributed by atoms with Crippen molar-refractivity contribution in [3.8, 4) is 11.5 Å². The van der Waals surface area contributed by atoms with Crippen LogP contribution in [0.2, 0.25) is 0 Å². The summed E-state index contributed by atoms with van der Waals surface area (Å²) in [5.41, 5.74) is 0.625. The van der Waals surface area contributed by atoms with Gasteiger partial charge in [-0.1, -0.05) is 15.9 Å². The Morgan fingerprint density at radius 3 is 2.56 bits per heavy atom. The van der Waals surface area contributed by atoms with Crippen LogP contribution in [0.5, 0.6) is 11.5 Å². The Kier molecular flexibility index (Phi) is 4.61. The third kappa shape index (κ3) is 3.13. The third-order valence-corrected chi connectivity index (χ3v) is 2.44. The van der Waals surface area contributed by atoms with Gasteiger partial charge < -0.3 is 14.8 Å².